The first-order valence-corrected chi connectivity index (χ1v) is 16.5. The van der Waals surface area contributed by atoms with Gasteiger partial charge in [-0.2, -0.15) is 0 Å². The van der Waals surface area contributed by atoms with Crippen LogP contribution in [0.1, 0.15) is 0 Å². The van der Waals surface area contributed by atoms with E-state index >= 15 is 4.39 Å². The zero-order chi connectivity index (χ0) is 32.7. The second kappa shape index (κ2) is 12.0. The number of furan rings is 1. The first-order valence-electron chi connectivity index (χ1n) is 16.5. The van der Waals surface area contributed by atoms with Crippen LogP contribution < -0.4 is 4.90 Å². The van der Waals surface area contributed by atoms with Crippen molar-refractivity contribution in [3.8, 4) is 33.4 Å². The molecule has 0 saturated carbocycles. The third-order valence-electron chi connectivity index (χ3n) is 9.34. The molecule has 0 atom stereocenters. The van der Waals surface area contributed by atoms with Crippen molar-refractivity contribution in [3.63, 3.8) is 0 Å². The summed E-state index contributed by atoms with van der Waals surface area (Å²) < 4.78 is 21.4. The van der Waals surface area contributed by atoms with E-state index < -0.39 is 0 Å². The number of para-hydroxylation sites is 1. The van der Waals surface area contributed by atoms with E-state index in [0.717, 1.165) is 72.0 Å². The van der Waals surface area contributed by atoms with Crippen LogP contribution in [0.3, 0.4) is 0 Å². The maximum atomic E-state index is 15.2. The fraction of sp³-hybridized carbons (Fsp3) is 0. The number of hydrogen-bond donors (Lipinski definition) is 0. The van der Waals surface area contributed by atoms with Gasteiger partial charge in [0.25, 0.3) is 0 Å². The van der Waals surface area contributed by atoms with E-state index in [1.165, 1.54) is 11.6 Å². The van der Waals surface area contributed by atoms with Gasteiger partial charge in [0.15, 0.2) is 0 Å². The zero-order valence-electron chi connectivity index (χ0n) is 26.6. The molecule has 0 aliphatic carbocycles. The van der Waals surface area contributed by atoms with E-state index in [0.29, 0.717) is 5.56 Å². The Morgan fingerprint density at radius 1 is 0.388 bits per heavy atom. The molecular formula is C46H30FNO. The Balaban J connectivity index is 1.23. The van der Waals surface area contributed by atoms with Crippen molar-refractivity contribution < 1.29 is 8.81 Å². The lowest BCUT2D eigenvalue weighted by atomic mass is 9.91. The van der Waals surface area contributed by atoms with Crippen LogP contribution in [0.2, 0.25) is 0 Å². The van der Waals surface area contributed by atoms with Crippen molar-refractivity contribution in [1.29, 1.82) is 0 Å². The highest BCUT2D eigenvalue weighted by Gasteiger charge is 2.18. The largest absolute Gasteiger partial charge is 0.456 e. The monoisotopic (exact) mass is 631 g/mol. The number of rotatable bonds is 6. The molecular weight excluding hydrogens is 602 g/mol. The second-order valence-electron chi connectivity index (χ2n) is 12.3. The van der Waals surface area contributed by atoms with Crippen molar-refractivity contribution in [1.82, 2.24) is 0 Å². The molecule has 0 aliphatic heterocycles. The minimum atomic E-state index is -0.231. The Hall–Kier alpha value is -6.45. The maximum absolute atomic E-state index is 15.2. The molecule has 0 amide bonds. The summed E-state index contributed by atoms with van der Waals surface area (Å²) in [7, 11) is 0. The Morgan fingerprint density at radius 2 is 1.00 bits per heavy atom. The Morgan fingerprint density at radius 3 is 1.84 bits per heavy atom. The lowest BCUT2D eigenvalue weighted by molar-refractivity contribution is 0.631. The molecule has 1 heterocycles. The number of nitrogens with zero attached hydrogens (tertiary/aromatic N) is 1. The predicted octanol–water partition coefficient (Wildman–Crippen LogP) is 13.3. The van der Waals surface area contributed by atoms with E-state index in [9.17, 15) is 0 Å². The molecule has 8 aromatic carbocycles. The van der Waals surface area contributed by atoms with E-state index in [4.69, 9.17) is 4.42 Å². The van der Waals surface area contributed by atoms with E-state index in [1.54, 1.807) is 6.07 Å². The van der Waals surface area contributed by atoms with Gasteiger partial charge in [0.1, 0.15) is 17.0 Å². The number of halogens is 1. The number of anilines is 3. The van der Waals surface area contributed by atoms with Gasteiger partial charge >= 0.3 is 0 Å². The molecule has 9 aromatic rings. The average molecular weight is 632 g/mol. The fourth-order valence-corrected chi connectivity index (χ4v) is 7.03. The third-order valence-corrected chi connectivity index (χ3v) is 9.34. The SMILES string of the molecule is Fc1ccccc1-c1cccc2cccc(-c3cccc(N(c4ccc(-c5ccccc5)cc4)c4ccc5oc6ccccc6c5c4)c3)c12. The van der Waals surface area contributed by atoms with Crippen LogP contribution in [0.25, 0.3) is 66.1 Å². The Kier molecular flexibility index (Phi) is 7.02. The molecule has 2 nitrogen and oxygen atoms in total. The Labute approximate surface area is 283 Å². The molecule has 1 aromatic heterocycles. The molecule has 49 heavy (non-hydrogen) atoms. The molecule has 3 heteroatoms. The number of hydrogen-bond acceptors (Lipinski definition) is 2. The van der Waals surface area contributed by atoms with Crippen LogP contribution in [0.4, 0.5) is 21.5 Å². The van der Waals surface area contributed by atoms with Crippen LogP contribution in [0.15, 0.2) is 186 Å². The molecule has 0 radical (unpaired) electrons. The van der Waals surface area contributed by atoms with Crippen molar-refractivity contribution in [3.05, 3.63) is 188 Å². The molecule has 0 bridgehead atoms. The van der Waals surface area contributed by atoms with Crippen LogP contribution >= 0.6 is 0 Å². The first-order chi connectivity index (χ1) is 24.2. The second-order valence-corrected chi connectivity index (χ2v) is 12.3. The summed E-state index contributed by atoms with van der Waals surface area (Å²) in [6.45, 7) is 0. The van der Waals surface area contributed by atoms with Gasteiger partial charge in [0.05, 0.1) is 0 Å². The van der Waals surface area contributed by atoms with Gasteiger partial charge in [-0.05, 0) is 93.2 Å². The van der Waals surface area contributed by atoms with Crippen molar-refractivity contribution in [2.75, 3.05) is 4.90 Å². The summed E-state index contributed by atoms with van der Waals surface area (Å²) in [6.07, 6.45) is 0. The maximum Gasteiger partial charge on any atom is 0.135 e. The van der Waals surface area contributed by atoms with Gasteiger partial charge in [-0.15, -0.1) is 0 Å². The molecule has 0 spiro atoms. The predicted molar refractivity (Wildman–Crippen MR) is 202 cm³/mol. The smallest absolute Gasteiger partial charge is 0.135 e. The summed E-state index contributed by atoms with van der Waals surface area (Å²) in [4.78, 5) is 2.29. The fourth-order valence-electron chi connectivity index (χ4n) is 7.03. The highest BCUT2D eigenvalue weighted by atomic mass is 19.1. The van der Waals surface area contributed by atoms with Gasteiger partial charge in [-0.25, -0.2) is 4.39 Å². The van der Waals surface area contributed by atoms with E-state index in [-0.39, 0.29) is 5.82 Å². The van der Waals surface area contributed by atoms with Crippen molar-refractivity contribution in [2.45, 2.75) is 0 Å². The topological polar surface area (TPSA) is 16.4 Å². The molecule has 0 saturated heterocycles. The van der Waals surface area contributed by atoms with Gasteiger partial charge < -0.3 is 9.32 Å². The van der Waals surface area contributed by atoms with Crippen LogP contribution in [0.5, 0.6) is 0 Å². The first kappa shape index (κ1) is 28.7. The van der Waals surface area contributed by atoms with Crippen molar-refractivity contribution in [2.24, 2.45) is 0 Å². The minimum Gasteiger partial charge on any atom is -0.456 e. The summed E-state index contributed by atoms with van der Waals surface area (Å²) >= 11 is 0. The molecule has 0 unspecified atom stereocenters. The Bertz CT molecular complexity index is 2620. The van der Waals surface area contributed by atoms with E-state index in [1.807, 2.05) is 48.5 Å². The molecule has 232 valence electrons. The van der Waals surface area contributed by atoms with E-state index in [2.05, 4.69) is 126 Å². The molecule has 0 N–H and O–H groups in total. The van der Waals surface area contributed by atoms with Gasteiger partial charge in [0, 0.05) is 33.4 Å². The average Bonchev–Trinajstić information content (AvgIpc) is 3.54. The minimum absolute atomic E-state index is 0.231. The highest BCUT2D eigenvalue weighted by molar-refractivity contribution is 6.08. The summed E-state index contributed by atoms with van der Waals surface area (Å²) in [5, 5.41) is 4.24. The normalized spacial score (nSPS) is 11.4. The summed E-state index contributed by atoms with van der Waals surface area (Å²) in [5.74, 6) is -0.231. The number of benzene rings is 8. The highest BCUT2D eigenvalue weighted by Crippen LogP contribution is 2.42. The number of fused-ring (bicyclic) bond motifs is 4. The lowest BCUT2D eigenvalue weighted by Gasteiger charge is -2.26. The quantitative estimate of drug-likeness (QED) is 0.182. The van der Waals surface area contributed by atoms with Gasteiger partial charge in [0.2, 0.25) is 0 Å². The summed E-state index contributed by atoms with van der Waals surface area (Å²) in [6, 6.07) is 61.8. The molecule has 9 rings (SSSR count). The zero-order valence-corrected chi connectivity index (χ0v) is 26.6. The van der Waals surface area contributed by atoms with Crippen LogP contribution in [-0.2, 0) is 0 Å². The van der Waals surface area contributed by atoms with Gasteiger partial charge in [-0.3, -0.25) is 0 Å². The lowest BCUT2D eigenvalue weighted by Crippen LogP contribution is -2.10. The summed E-state index contributed by atoms with van der Waals surface area (Å²) in [5.41, 5.74) is 10.7. The van der Waals surface area contributed by atoms with Crippen molar-refractivity contribution >= 4 is 49.8 Å². The standard InChI is InChI=1S/C46H30FNO/c47-43-21-6-4-17-39(43)41-20-10-14-33-13-9-19-38(46(33)41)34-15-8-16-36(29-34)48(35-25-23-32(24-26-35)31-11-2-1-3-12-31)37-27-28-45-42(30-37)40-18-5-7-22-44(40)49-45/h1-30H. The third kappa shape index (κ3) is 5.13. The molecule has 0 fully saturated rings. The van der Waals surface area contributed by atoms with Crippen LogP contribution in [-0.4, -0.2) is 0 Å². The van der Waals surface area contributed by atoms with Gasteiger partial charge in [-0.1, -0.05) is 127 Å². The van der Waals surface area contributed by atoms with Crippen LogP contribution in [0, 0.1) is 5.82 Å². The molecule has 0 aliphatic rings.